The third-order valence-electron chi connectivity index (χ3n) is 3.90. The van der Waals surface area contributed by atoms with Crippen molar-refractivity contribution in [3.05, 3.63) is 74.7 Å². The van der Waals surface area contributed by atoms with Gasteiger partial charge in [0.25, 0.3) is 11.8 Å². The van der Waals surface area contributed by atoms with Crippen LogP contribution in [0.3, 0.4) is 0 Å². The van der Waals surface area contributed by atoms with Gasteiger partial charge in [-0.05, 0) is 36.2 Å². The molecule has 0 saturated heterocycles. The molecule has 28 heavy (non-hydrogen) atoms. The smallest absolute Gasteiger partial charge is 0.286 e. The van der Waals surface area contributed by atoms with Gasteiger partial charge in [-0.15, -0.1) is 10.2 Å². The molecule has 2 N–H and O–H groups in total. The Morgan fingerprint density at radius 1 is 1.07 bits per heavy atom. The molecule has 0 atom stereocenters. The minimum Gasteiger partial charge on any atom is -0.348 e. The standard InChI is InChI=1S/C20H19ClN4O2S/c1-2-6-17-24-25-20(28-17)19(27)23-15-9-5-8-13(11-15)18(26)22-12-14-7-3-4-10-16(14)21/h3-5,7-11H,2,6,12H2,1H3,(H,22,26)(H,23,27). The number of anilines is 1. The fourth-order valence-electron chi connectivity index (χ4n) is 2.50. The third kappa shape index (κ3) is 5.15. The maximum atomic E-state index is 12.4. The number of hydrogen-bond acceptors (Lipinski definition) is 5. The fraction of sp³-hybridized carbons (Fsp3) is 0.200. The third-order valence-corrected chi connectivity index (χ3v) is 5.26. The summed E-state index contributed by atoms with van der Waals surface area (Å²) in [5.74, 6) is -0.592. The van der Waals surface area contributed by atoms with Crippen molar-refractivity contribution >= 4 is 40.4 Å². The van der Waals surface area contributed by atoms with Crippen molar-refractivity contribution in [3.8, 4) is 0 Å². The highest BCUT2D eigenvalue weighted by Crippen LogP contribution is 2.17. The van der Waals surface area contributed by atoms with Crippen molar-refractivity contribution in [2.45, 2.75) is 26.3 Å². The lowest BCUT2D eigenvalue weighted by Crippen LogP contribution is -2.23. The van der Waals surface area contributed by atoms with E-state index >= 15 is 0 Å². The van der Waals surface area contributed by atoms with Crippen molar-refractivity contribution in [1.82, 2.24) is 15.5 Å². The van der Waals surface area contributed by atoms with Crippen molar-refractivity contribution < 1.29 is 9.59 Å². The van der Waals surface area contributed by atoms with Crippen LogP contribution < -0.4 is 10.6 Å². The maximum Gasteiger partial charge on any atom is 0.286 e. The molecule has 0 saturated carbocycles. The number of aryl methyl sites for hydroxylation is 1. The first-order valence-corrected chi connectivity index (χ1v) is 10.0. The molecule has 2 amide bonds. The van der Waals surface area contributed by atoms with E-state index < -0.39 is 0 Å². The van der Waals surface area contributed by atoms with Crippen LogP contribution in [0.4, 0.5) is 5.69 Å². The van der Waals surface area contributed by atoms with E-state index in [0.29, 0.717) is 27.8 Å². The van der Waals surface area contributed by atoms with Gasteiger partial charge >= 0.3 is 0 Å². The molecule has 8 heteroatoms. The molecule has 0 aliphatic rings. The van der Waals surface area contributed by atoms with Crippen LogP contribution in [0.5, 0.6) is 0 Å². The average molecular weight is 415 g/mol. The molecule has 0 unspecified atom stereocenters. The van der Waals surface area contributed by atoms with Gasteiger partial charge in [0.2, 0.25) is 5.01 Å². The summed E-state index contributed by atoms with van der Waals surface area (Å²) in [6, 6.07) is 14.1. The Morgan fingerprint density at radius 3 is 2.68 bits per heavy atom. The zero-order valence-corrected chi connectivity index (χ0v) is 16.8. The Hall–Kier alpha value is -2.77. The first kappa shape index (κ1) is 20.0. The predicted octanol–water partition coefficient (Wildman–Crippen LogP) is 4.33. The fourth-order valence-corrected chi connectivity index (χ4v) is 3.54. The predicted molar refractivity (Wildman–Crippen MR) is 111 cm³/mol. The van der Waals surface area contributed by atoms with Crippen LogP contribution >= 0.6 is 22.9 Å². The number of nitrogens with one attached hydrogen (secondary N) is 2. The number of hydrogen-bond donors (Lipinski definition) is 2. The van der Waals surface area contributed by atoms with E-state index in [1.165, 1.54) is 11.3 Å². The number of rotatable bonds is 7. The lowest BCUT2D eigenvalue weighted by Gasteiger charge is -2.08. The zero-order valence-electron chi connectivity index (χ0n) is 15.2. The monoisotopic (exact) mass is 414 g/mol. The molecule has 0 fully saturated rings. The highest BCUT2D eigenvalue weighted by molar-refractivity contribution is 7.13. The van der Waals surface area contributed by atoms with Gasteiger partial charge in [0.05, 0.1) is 0 Å². The Kier molecular flexibility index (Phi) is 6.73. The summed E-state index contributed by atoms with van der Waals surface area (Å²) < 4.78 is 0. The van der Waals surface area contributed by atoms with Crippen LogP contribution in [-0.2, 0) is 13.0 Å². The van der Waals surface area contributed by atoms with Crippen molar-refractivity contribution in [3.63, 3.8) is 0 Å². The van der Waals surface area contributed by atoms with Gasteiger partial charge in [0.15, 0.2) is 0 Å². The molecule has 3 rings (SSSR count). The summed E-state index contributed by atoms with van der Waals surface area (Å²) in [5.41, 5.74) is 1.79. The van der Waals surface area contributed by atoms with Gasteiger partial charge in [-0.1, -0.05) is 54.1 Å². The van der Waals surface area contributed by atoms with Crippen LogP contribution in [0.25, 0.3) is 0 Å². The van der Waals surface area contributed by atoms with E-state index in [0.717, 1.165) is 23.4 Å². The summed E-state index contributed by atoms with van der Waals surface area (Å²) in [6.07, 6.45) is 1.74. The van der Waals surface area contributed by atoms with Crippen LogP contribution in [0.2, 0.25) is 5.02 Å². The lowest BCUT2D eigenvalue weighted by molar-refractivity contribution is 0.0949. The molecule has 144 valence electrons. The molecule has 0 spiro atoms. The topological polar surface area (TPSA) is 84.0 Å². The van der Waals surface area contributed by atoms with E-state index in [2.05, 4.69) is 20.8 Å². The maximum absolute atomic E-state index is 12.4. The number of halogens is 1. The number of carbonyl (C=O) groups is 2. The highest BCUT2D eigenvalue weighted by Gasteiger charge is 2.14. The van der Waals surface area contributed by atoms with Crippen LogP contribution in [-0.4, -0.2) is 22.0 Å². The van der Waals surface area contributed by atoms with E-state index in [4.69, 9.17) is 11.6 Å². The number of aromatic nitrogens is 2. The average Bonchev–Trinajstić information content (AvgIpc) is 3.16. The first-order chi connectivity index (χ1) is 13.6. The molecule has 6 nitrogen and oxygen atoms in total. The highest BCUT2D eigenvalue weighted by atomic mass is 35.5. The second kappa shape index (κ2) is 9.43. The molecule has 1 aromatic heterocycles. The second-order valence-corrected chi connectivity index (χ2v) is 7.53. The molecule has 3 aromatic rings. The van der Waals surface area contributed by atoms with Gasteiger partial charge in [-0.3, -0.25) is 9.59 Å². The van der Waals surface area contributed by atoms with Crippen molar-refractivity contribution in [2.75, 3.05) is 5.32 Å². The van der Waals surface area contributed by atoms with Crippen LogP contribution in [0.15, 0.2) is 48.5 Å². The largest absolute Gasteiger partial charge is 0.348 e. The summed E-state index contributed by atoms with van der Waals surface area (Å²) in [4.78, 5) is 24.8. The van der Waals surface area contributed by atoms with E-state index in [1.54, 1.807) is 30.3 Å². The van der Waals surface area contributed by atoms with Gasteiger partial charge in [-0.25, -0.2) is 0 Å². The minimum atomic E-state index is -0.339. The molecule has 0 bridgehead atoms. The molecule has 1 heterocycles. The Morgan fingerprint density at radius 2 is 1.89 bits per heavy atom. The van der Waals surface area contributed by atoms with Gasteiger partial charge < -0.3 is 10.6 Å². The minimum absolute atomic E-state index is 0.253. The molecular formula is C20H19ClN4O2S. The molecule has 2 aromatic carbocycles. The van der Waals surface area contributed by atoms with Crippen molar-refractivity contribution in [1.29, 1.82) is 0 Å². The molecular weight excluding hydrogens is 396 g/mol. The molecule has 0 aliphatic carbocycles. The molecule has 0 aliphatic heterocycles. The van der Waals surface area contributed by atoms with Crippen molar-refractivity contribution in [2.24, 2.45) is 0 Å². The lowest BCUT2D eigenvalue weighted by atomic mass is 10.1. The van der Waals surface area contributed by atoms with Crippen LogP contribution in [0.1, 0.15) is 44.1 Å². The number of nitrogens with zero attached hydrogens (tertiary/aromatic N) is 2. The Bertz CT molecular complexity index is 990. The van der Waals surface area contributed by atoms with Crippen LogP contribution in [0, 0.1) is 0 Å². The summed E-state index contributed by atoms with van der Waals surface area (Å²) in [5, 5.41) is 15.3. The SMILES string of the molecule is CCCc1nnc(C(=O)Nc2cccc(C(=O)NCc3ccccc3Cl)c2)s1. The number of amides is 2. The quantitative estimate of drug-likeness (QED) is 0.602. The first-order valence-electron chi connectivity index (χ1n) is 8.82. The number of benzene rings is 2. The van der Waals surface area contributed by atoms with Gasteiger partial charge in [-0.2, -0.15) is 0 Å². The Balaban J connectivity index is 1.63. The summed E-state index contributed by atoms with van der Waals surface area (Å²) in [7, 11) is 0. The summed E-state index contributed by atoms with van der Waals surface area (Å²) >= 11 is 7.38. The van der Waals surface area contributed by atoms with Gasteiger partial charge in [0, 0.05) is 29.2 Å². The summed E-state index contributed by atoms with van der Waals surface area (Å²) in [6.45, 7) is 2.36. The van der Waals surface area contributed by atoms with E-state index in [-0.39, 0.29) is 11.8 Å². The number of carbonyl (C=O) groups excluding carboxylic acids is 2. The zero-order chi connectivity index (χ0) is 19.9. The van der Waals surface area contributed by atoms with E-state index in [9.17, 15) is 9.59 Å². The molecule has 0 radical (unpaired) electrons. The van der Waals surface area contributed by atoms with E-state index in [1.807, 2.05) is 25.1 Å². The second-order valence-electron chi connectivity index (χ2n) is 6.06. The van der Waals surface area contributed by atoms with Gasteiger partial charge in [0.1, 0.15) is 5.01 Å². The Labute approximate surface area is 172 Å². The normalized spacial score (nSPS) is 10.5.